The molecule has 1 aliphatic rings. The first kappa shape index (κ1) is 17.0. The molecule has 2 atom stereocenters. The summed E-state index contributed by atoms with van der Waals surface area (Å²) in [5.41, 5.74) is -0.698. The Balaban J connectivity index is 3.13. The predicted octanol–water partition coefficient (Wildman–Crippen LogP) is 2.57. The largest absolute Gasteiger partial charge is 0.340 e. The molecule has 0 bridgehead atoms. The third-order valence-corrected chi connectivity index (χ3v) is 4.68. The van der Waals surface area contributed by atoms with Gasteiger partial charge in [-0.25, -0.2) is 0 Å². The quantitative estimate of drug-likeness (QED) is 0.814. The van der Waals surface area contributed by atoms with Gasteiger partial charge in [-0.05, 0) is 24.7 Å². The first-order valence-electron chi connectivity index (χ1n) is 7.96. The molecule has 0 radical (unpaired) electrons. The number of hydrogen-bond donors (Lipinski definition) is 1. The van der Waals surface area contributed by atoms with E-state index in [1.807, 2.05) is 32.6 Å². The van der Waals surface area contributed by atoms with Gasteiger partial charge in [-0.1, -0.05) is 48.0 Å². The monoisotopic (exact) mass is 282 g/mol. The van der Waals surface area contributed by atoms with Crippen molar-refractivity contribution in [2.75, 3.05) is 6.54 Å². The second kappa shape index (κ2) is 6.59. The molecule has 116 valence electrons. The Morgan fingerprint density at radius 1 is 1.15 bits per heavy atom. The number of rotatable bonds is 6. The maximum Gasteiger partial charge on any atom is 0.249 e. The SMILES string of the molecule is CCC(C)CN1C(=O)C(CC)(CC)NC(=O)C1C(C)C. The highest BCUT2D eigenvalue weighted by molar-refractivity contribution is 5.99. The summed E-state index contributed by atoms with van der Waals surface area (Å²) in [5, 5.41) is 3.00. The Bertz CT molecular complexity index is 361. The van der Waals surface area contributed by atoms with E-state index in [-0.39, 0.29) is 23.8 Å². The van der Waals surface area contributed by atoms with Crippen LogP contribution in [0, 0.1) is 11.8 Å². The van der Waals surface area contributed by atoms with Crippen LogP contribution in [0.2, 0.25) is 0 Å². The molecule has 1 rings (SSSR count). The molecule has 1 heterocycles. The predicted molar refractivity (Wildman–Crippen MR) is 81.2 cm³/mol. The van der Waals surface area contributed by atoms with Crippen molar-refractivity contribution in [2.45, 2.75) is 72.4 Å². The summed E-state index contributed by atoms with van der Waals surface area (Å²) in [6.45, 7) is 12.9. The van der Waals surface area contributed by atoms with Gasteiger partial charge in [0.1, 0.15) is 11.6 Å². The second-order valence-corrected chi connectivity index (χ2v) is 6.44. The van der Waals surface area contributed by atoms with E-state index in [1.54, 1.807) is 0 Å². The lowest BCUT2D eigenvalue weighted by atomic mass is 9.84. The van der Waals surface area contributed by atoms with E-state index < -0.39 is 5.54 Å². The van der Waals surface area contributed by atoms with Crippen molar-refractivity contribution < 1.29 is 9.59 Å². The molecule has 1 N–H and O–H groups in total. The van der Waals surface area contributed by atoms with Gasteiger partial charge in [-0.3, -0.25) is 9.59 Å². The lowest BCUT2D eigenvalue weighted by Crippen LogP contribution is -2.71. The van der Waals surface area contributed by atoms with Crippen molar-refractivity contribution >= 4 is 11.8 Å². The molecule has 4 nitrogen and oxygen atoms in total. The van der Waals surface area contributed by atoms with E-state index in [9.17, 15) is 9.59 Å². The zero-order chi connectivity index (χ0) is 15.5. The summed E-state index contributed by atoms with van der Waals surface area (Å²) < 4.78 is 0. The lowest BCUT2D eigenvalue weighted by molar-refractivity contribution is -0.158. The Morgan fingerprint density at radius 2 is 1.70 bits per heavy atom. The molecular formula is C16H30N2O2. The van der Waals surface area contributed by atoms with Crippen LogP contribution in [0.25, 0.3) is 0 Å². The maximum absolute atomic E-state index is 12.9. The molecule has 0 aromatic heterocycles. The zero-order valence-electron chi connectivity index (χ0n) is 13.8. The maximum atomic E-state index is 12.9. The van der Waals surface area contributed by atoms with Gasteiger partial charge < -0.3 is 10.2 Å². The molecule has 0 aliphatic carbocycles. The lowest BCUT2D eigenvalue weighted by Gasteiger charge is -2.47. The number of hydrogen-bond acceptors (Lipinski definition) is 2. The average molecular weight is 282 g/mol. The molecule has 2 amide bonds. The second-order valence-electron chi connectivity index (χ2n) is 6.44. The first-order chi connectivity index (χ1) is 9.32. The van der Waals surface area contributed by atoms with Gasteiger partial charge in [0.05, 0.1) is 0 Å². The van der Waals surface area contributed by atoms with Crippen LogP contribution < -0.4 is 5.32 Å². The van der Waals surface area contributed by atoms with Gasteiger partial charge in [-0.15, -0.1) is 0 Å². The smallest absolute Gasteiger partial charge is 0.249 e. The van der Waals surface area contributed by atoms with Crippen LogP contribution in [0.15, 0.2) is 0 Å². The van der Waals surface area contributed by atoms with Crippen molar-refractivity contribution in [3.8, 4) is 0 Å². The summed E-state index contributed by atoms with van der Waals surface area (Å²) in [7, 11) is 0. The molecule has 20 heavy (non-hydrogen) atoms. The Labute approximate surface area is 123 Å². The fourth-order valence-corrected chi connectivity index (χ4v) is 2.96. The number of carbonyl (C=O) groups excluding carboxylic acids is 2. The Kier molecular flexibility index (Phi) is 5.60. The minimum Gasteiger partial charge on any atom is -0.340 e. The molecule has 0 aromatic rings. The fourth-order valence-electron chi connectivity index (χ4n) is 2.96. The highest BCUT2D eigenvalue weighted by Gasteiger charge is 2.49. The van der Waals surface area contributed by atoms with Gasteiger partial charge in [0.2, 0.25) is 11.8 Å². The molecule has 4 heteroatoms. The third-order valence-electron chi connectivity index (χ3n) is 4.68. The molecule has 0 aromatic carbocycles. The van der Waals surface area contributed by atoms with E-state index in [2.05, 4.69) is 19.2 Å². The van der Waals surface area contributed by atoms with E-state index in [1.165, 1.54) is 0 Å². The van der Waals surface area contributed by atoms with Crippen LogP contribution >= 0.6 is 0 Å². The van der Waals surface area contributed by atoms with Crippen molar-refractivity contribution in [3.63, 3.8) is 0 Å². The topological polar surface area (TPSA) is 49.4 Å². The summed E-state index contributed by atoms with van der Waals surface area (Å²) >= 11 is 0. The van der Waals surface area contributed by atoms with Crippen LogP contribution in [-0.2, 0) is 9.59 Å². The standard InChI is InChI=1S/C16H30N2O2/c1-7-12(6)10-18-13(11(4)5)14(19)17-16(8-2,9-3)15(18)20/h11-13H,7-10H2,1-6H3,(H,17,19). The Morgan fingerprint density at radius 3 is 2.10 bits per heavy atom. The fraction of sp³-hybridized carbons (Fsp3) is 0.875. The molecule has 0 saturated carbocycles. The van der Waals surface area contributed by atoms with Gasteiger partial charge in [0.15, 0.2) is 0 Å². The highest BCUT2D eigenvalue weighted by atomic mass is 16.2. The van der Waals surface area contributed by atoms with Gasteiger partial charge >= 0.3 is 0 Å². The van der Waals surface area contributed by atoms with E-state index in [0.717, 1.165) is 6.42 Å². The summed E-state index contributed by atoms with van der Waals surface area (Å²) in [4.78, 5) is 27.3. The minimum absolute atomic E-state index is 0.00611. The normalized spacial score (nSPS) is 23.9. The molecule has 1 aliphatic heterocycles. The van der Waals surface area contributed by atoms with Crippen LogP contribution in [0.5, 0.6) is 0 Å². The van der Waals surface area contributed by atoms with E-state index >= 15 is 0 Å². The number of piperazine rings is 1. The Hall–Kier alpha value is -1.06. The summed E-state index contributed by atoms with van der Waals surface area (Å²) in [6, 6.07) is -0.331. The van der Waals surface area contributed by atoms with Crippen molar-refractivity contribution in [2.24, 2.45) is 11.8 Å². The minimum atomic E-state index is -0.698. The molecule has 0 spiro atoms. The summed E-state index contributed by atoms with van der Waals surface area (Å²) in [5.74, 6) is 0.653. The van der Waals surface area contributed by atoms with E-state index in [0.29, 0.717) is 25.3 Å². The molecular weight excluding hydrogens is 252 g/mol. The van der Waals surface area contributed by atoms with Crippen molar-refractivity contribution in [1.82, 2.24) is 10.2 Å². The number of carbonyl (C=O) groups is 2. The highest BCUT2D eigenvalue weighted by Crippen LogP contribution is 2.28. The van der Waals surface area contributed by atoms with Crippen LogP contribution in [-0.4, -0.2) is 34.8 Å². The molecule has 1 saturated heterocycles. The molecule has 1 fully saturated rings. The van der Waals surface area contributed by atoms with Crippen molar-refractivity contribution in [1.29, 1.82) is 0 Å². The van der Waals surface area contributed by atoms with Gasteiger partial charge in [0, 0.05) is 6.54 Å². The average Bonchev–Trinajstić information content (AvgIpc) is 2.41. The van der Waals surface area contributed by atoms with Crippen LogP contribution in [0.1, 0.15) is 60.8 Å². The number of nitrogens with one attached hydrogen (secondary N) is 1. The molecule has 2 unspecified atom stereocenters. The third kappa shape index (κ3) is 2.99. The van der Waals surface area contributed by atoms with Crippen LogP contribution in [0.4, 0.5) is 0 Å². The van der Waals surface area contributed by atoms with E-state index in [4.69, 9.17) is 0 Å². The summed E-state index contributed by atoms with van der Waals surface area (Å²) in [6.07, 6.45) is 2.31. The van der Waals surface area contributed by atoms with Crippen LogP contribution in [0.3, 0.4) is 0 Å². The van der Waals surface area contributed by atoms with Gasteiger partial charge in [0.25, 0.3) is 0 Å². The first-order valence-corrected chi connectivity index (χ1v) is 7.96. The van der Waals surface area contributed by atoms with Gasteiger partial charge in [-0.2, -0.15) is 0 Å². The van der Waals surface area contributed by atoms with Crippen molar-refractivity contribution in [3.05, 3.63) is 0 Å². The number of nitrogens with zero attached hydrogens (tertiary/aromatic N) is 1. The zero-order valence-corrected chi connectivity index (χ0v) is 13.8. The number of amides is 2.